The predicted octanol–water partition coefficient (Wildman–Crippen LogP) is 2.78. The number of anilines is 1. The Morgan fingerprint density at radius 1 is 1.44 bits per heavy atom. The SMILES string of the molecule is CC(C)OCCNc1cc(CO)ccc1Br. The van der Waals surface area contributed by atoms with Crippen LogP contribution in [0.15, 0.2) is 22.7 Å². The Kier molecular flexibility index (Phi) is 5.80. The molecule has 0 aliphatic rings. The van der Waals surface area contributed by atoms with E-state index in [2.05, 4.69) is 21.2 Å². The van der Waals surface area contributed by atoms with Crippen LogP contribution in [0.2, 0.25) is 0 Å². The Labute approximate surface area is 105 Å². The minimum absolute atomic E-state index is 0.0600. The number of rotatable bonds is 6. The molecule has 2 N–H and O–H groups in total. The summed E-state index contributed by atoms with van der Waals surface area (Å²) < 4.78 is 6.43. The molecule has 0 saturated heterocycles. The van der Waals surface area contributed by atoms with Gasteiger partial charge in [0.25, 0.3) is 0 Å². The topological polar surface area (TPSA) is 41.5 Å². The van der Waals surface area contributed by atoms with E-state index in [-0.39, 0.29) is 12.7 Å². The number of aliphatic hydroxyl groups is 1. The summed E-state index contributed by atoms with van der Waals surface area (Å²) in [6, 6.07) is 5.75. The van der Waals surface area contributed by atoms with Crippen LogP contribution >= 0.6 is 15.9 Å². The van der Waals surface area contributed by atoms with Crippen LogP contribution in [0.4, 0.5) is 5.69 Å². The number of hydrogen-bond donors (Lipinski definition) is 2. The van der Waals surface area contributed by atoms with Crippen molar-refractivity contribution in [3.63, 3.8) is 0 Å². The molecule has 0 spiro atoms. The fourth-order valence-electron chi connectivity index (χ4n) is 1.29. The van der Waals surface area contributed by atoms with Gasteiger partial charge in [-0.25, -0.2) is 0 Å². The molecule has 0 amide bonds. The fourth-order valence-corrected chi connectivity index (χ4v) is 1.67. The summed E-state index contributed by atoms with van der Waals surface area (Å²) in [4.78, 5) is 0. The monoisotopic (exact) mass is 287 g/mol. The lowest BCUT2D eigenvalue weighted by Gasteiger charge is -2.11. The number of aliphatic hydroxyl groups excluding tert-OH is 1. The molecule has 16 heavy (non-hydrogen) atoms. The summed E-state index contributed by atoms with van der Waals surface area (Å²) in [5.41, 5.74) is 1.88. The maximum absolute atomic E-state index is 9.03. The summed E-state index contributed by atoms with van der Waals surface area (Å²) in [6.07, 6.45) is 0.258. The van der Waals surface area contributed by atoms with Gasteiger partial charge in [0.15, 0.2) is 0 Å². The second kappa shape index (κ2) is 6.89. The zero-order valence-corrected chi connectivity index (χ0v) is 11.3. The summed E-state index contributed by atoms with van der Waals surface area (Å²) in [5, 5.41) is 12.3. The van der Waals surface area contributed by atoms with Gasteiger partial charge in [0, 0.05) is 16.7 Å². The molecule has 0 fully saturated rings. The van der Waals surface area contributed by atoms with Crippen LogP contribution in [0.5, 0.6) is 0 Å². The normalized spacial score (nSPS) is 10.8. The molecule has 0 unspecified atom stereocenters. The molecule has 90 valence electrons. The molecule has 1 aromatic rings. The number of hydrogen-bond acceptors (Lipinski definition) is 3. The lowest BCUT2D eigenvalue weighted by molar-refractivity contribution is 0.0870. The molecule has 0 saturated carbocycles. The Balaban J connectivity index is 2.46. The summed E-state index contributed by atoms with van der Waals surface area (Å²) in [7, 11) is 0. The molecule has 0 atom stereocenters. The van der Waals surface area contributed by atoms with E-state index >= 15 is 0 Å². The molecule has 3 nitrogen and oxygen atoms in total. The Morgan fingerprint density at radius 3 is 2.81 bits per heavy atom. The van der Waals surface area contributed by atoms with Gasteiger partial charge in [0.05, 0.1) is 19.3 Å². The Hall–Kier alpha value is -0.580. The van der Waals surface area contributed by atoms with E-state index in [0.29, 0.717) is 6.61 Å². The first-order valence-electron chi connectivity index (χ1n) is 5.38. The van der Waals surface area contributed by atoms with E-state index in [9.17, 15) is 0 Å². The molecule has 0 bridgehead atoms. The van der Waals surface area contributed by atoms with Gasteiger partial charge in [-0.15, -0.1) is 0 Å². The molecule has 1 aromatic carbocycles. The highest BCUT2D eigenvalue weighted by molar-refractivity contribution is 9.10. The summed E-state index contributed by atoms with van der Waals surface area (Å²) >= 11 is 3.46. The van der Waals surface area contributed by atoms with E-state index in [1.165, 1.54) is 0 Å². The van der Waals surface area contributed by atoms with Gasteiger partial charge >= 0.3 is 0 Å². The minimum Gasteiger partial charge on any atom is -0.392 e. The van der Waals surface area contributed by atoms with Gasteiger partial charge in [0.2, 0.25) is 0 Å². The summed E-state index contributed by atoms with van der Waals surface area (Å²) in [6.45, 7) is 5.52. The van der Waals surface area contributed by atoms with Crippen LogP contribution in [-0.4, -0.2) is 24.4 Å². The van der Waals surface area contributed by atoms with Gasteiger partial charge in [-0.1, -0.05) is 6.07 Å². The van der Waals surface area contributed by atoms with Crippen LogP contribution in [-0.2, 0) is 11.3 Å². The second-order valence-corrected chi connectivity index (χ2v) is 4.67. The second-order valence-electron chi connectivity index (χ2n) is 3.82. The van der Waals surface area contributed by atoms with Crippen molar-refractivity contribution in [1.82, 2.24) is 0 Å². The third kappa shape index (κ3) is 4.51. The van der Waals surface area contributed by atoms with Gasteiger partial charge < -0.3 is 15.2 Å². The van der Waals surface area contributed by atoms with E-state index in [0.717, 1.165) is 22.3 Å². The molecule has 0 aliphatic heterocycles. The molecular formula is C12H18BrNO2. The molecule has 0 radical (unpaired) electrons. The van der Waals surface area contributed by atoms with Crippen molar-refractivity contribution in [1.29, 1.82) is 0 Å². The smallest absolute Gasteiger partial charge is 0.0682 e. The third-order valence-electron chi connectivity index (χ3n) is 2.08. The quantitative estimate of drug-likeness (QED) is 0.791. The van der Waals surface area contributed by atoms with Crippen molar-refractivity contribution >= 4 is 21.6 Å². The zero-order chi connectivity index (χ0) is 12.0. The predicted molar refractivity (Wildman–Crippen MR) is 69.6 cm³/mol. The summed E-state index contributed by atoms with van der Waals surface area (Å²) in [5.74, 6) is 0. The van der Waals surface area contributed by atoms with Gasteiger partial charge in [-0.05, 0) is 47.5 Å². The van der Waals surface area contributed by atoms with Gasteiger partial charge in [-0.3, -0.25) is 0 Å². The number of nitrogens with one attached hydrogen (secondary N) is 1. The maximum atomic E-state index is 9.03. The maximum Gasteiger partial charge on any atom is 0.0682 e. The molecule has 0 heterocycles. The van der Waals surface area contributed by atoms with E-state index in [1.807, 2.05) is 32.0 Å². The standard InChI is InChI=1S/C12H18BrNO2/c1-9(2)16-6-5-14-12-7-10(8-15)3-4-11(12)13/h3-4,7,9,14-15H,5-6,8H2,1-2H3. The van der Waals surface area contributed by atoms with E-state index < -0.39 is 0 Å². The fraction of sp³-hybridized carbons (Fsp3) is 0.500. The third-order valence-corrected chi connectivity index (χ3v) is 2.77. The van der Waals surface area contributed by atoms with Crippen molar-refractivity contribution in [3.8, 4) is 0 Å². The van der Waals surface area contributed by atoms with Crippen molar-refractivity contribution in [3.05, 3.63) is 28.2 Å². The lowest BCUT2D eigenvalue weighted by atomic mass is 10.2. The van der Waals surface area contributed by atoms with Crippen LogP contribution in [0.25, 0.3) is 0 Å². The number of benzene rings is 1. The van der Waals surface area contributed by atoms with Gasteiger partial charge in [0.1, 0.15) is 0 Å². The van der Waals surface area contributed by atoms with Crippen LogP contribution in [0, 0.1) is 0 Å². The van der Waals surface area contributed by atoms with Crippen LogP contribution in [0.1, 0.15) is 19.4 Å². The minimum atomic E-state index is 0.0600. The average molecular weight is 288 g/mol. The van der Waals surface area contributed by atoms with E-state index in [4.69, 9.17) is 9.84 Å². The molecule has 1 rings (SSSR count). The highest BCUT2D eigenvalue weighted by Crippen LogP contribution is 2.23. The highest BCUT2D eigenvalue weighted by Gasteiger charge is 2.01. The van der Waals surface area contributed by atoms with Gasteiger partial charge in [-0.2, -0.15) is 0 Å². The highest BCUT2D eigenvalue weighted by atomic mass is 79.9. The van der Waals surface area contributed by atoms with Crippen molar-refractivity contribution in [2.45, 2.75) is 26.6 Å². The van der Waals surface area contributed by atoms with E-state index in [1.54, 1.807) is 0 Å². The first-order valence-corrected chi connectivity index (χ1v) is 6.17. The van der Waals surface area contributed by atoms with Crippen molar-refractivity contribution in [2.75, 3.05) is 18.5 Å². The average Bonchev–Trinajstić information content (AvgIpc) is 2.26. The van der Waals surface area contributed by atoms with Crippen molar-refractivity contribution in [2.24, 2.45) is 0 Å². The molecule has 0 aliphatic carbocycles. The molecule has 4 heteroatoms. The first kappa shape index (κ1) is 13.5. The lowest BCUT2D eigenvalue weighted by Crippen LogP contribution is -2.13. The molecule has 0 aromatic heterocycles. The Bertz CT molecular complexity index is 329. The first-order chi connectivity index (χ1) is 7.63. The van der Waals surface area contributed by atoms with Crippen LogP contribution in [0.3, 0.4) is 0 Å². The number of ether oxygens (including phenoxy) is 1. The largest absolute Gasteiger partial charge is 0.392 e. The number of halogens is 1. The van der Waals surface area contributed by atoms with Crippen molar-refractivity contribution < 1.29 is 9.84 Å². The zero-order valence-electron chi connectivity index (χ0n) is 9.66. The Morgan fingerprint density at radius 2 is 2.19 bits per heavy atom. The van der Waals surface area contributed by atoms with Crippen LogP contribution < -0.4 is 5.32 Å². The molecular weight excluding hydrogens is 270 g/mol.